The van der Waals surface area contributed by atoms with E-state index in [1.54, 1.807) is 6.92 Å². The lowest BCUT2D eigenvalue weighted by Crippen LogP contribution is -2.26. The molecule has 18 heavy (non-hydrogen) atoms. The highest BCUT2D eigenvalue weighted by Gasteiger charge is 2.19. The fourth-order valence-corrected chi connectivity index (χ4v) is 1.37. The molecule has 0 bridgehead atoms. The number of carbonyl (C=O) groups excluding carboxylic acids is 1. The Labute approximate surface area is 103 Å². The van der Waals surface area contributed by atoms with E-state index in [1.165, 1.54) is 18.2 Å². The molecule has 0 saturated carbocycles. The molecule has 7 nitrogen and oxygen atoms in total. The van der Waals surface area contributed by atoms with Crippen LogP contribution in [0.4, 0.5) is 5.69 Å². The molecule has 2 N–H and O–H groups in total. The third-order valence-electron chi connectivity index (χ3n) is 2.22. The number of hydrogen-bond acceptors (Lipinski definition) is 4. The quantitative estimate of drug-likeness (QED) is 0.602. The molecule has 0 unspecified atom stereocenters. The zero-order valence-corrected chi connectivity index (χ0v) is 9.67. The topological polar surface area (TPSA) is 110 Å². The van der Waals surface area contributed by atoms with Gasteiger partial charge in [0.2, 0.25) is 0 Å². The monoisotopic (exact) mass is 252 g/mol. The van der Waals surface area contributed by atoms with Crippen LogP contribution in [0.2, 0.25) is 0 Å². The Bertz CT molecular complexity index is 498. The maximum absolute atomic E-state index is 11.7. The van der Waals surface area contributed by atoms with E-state index < -0.39 is 16.8 Å². The van der Waals surface area contributed by atoms with E-state index in [2.05, 4.69) is 5.32 Å². The van der Waals surface area contributed by atoms with Crippen LogP contribution in [0.5, 0.6) is 0 Å². The van der Waals surface area contributed by atoms with Gasteiger partial charge in [0.1, 0.15) is 5.56 Å². The number of nitrogens with zero attached hydrogens (tertiary/aromatic N) is 1. The van der Waals surface area contributed by atoms with Crippen molar-refractivity contribution in [2.24, 2.45) is 0 Å². The summed E-state index contributed by atoms with van der Waals surface area (Å²) < 4.78 is 0. The molecule has 0 heterocycles. The fraction of sp³-hybridized carbons (Fsp3) is 0.273. The smallest absolute Gasteiger partial charge is 0.305 e. The van der Waals surface area contributed by atoms with Crippen molar-refractivity contribution < 1.29 is 19.6 Å². The molecule has 0 radical (unpaired) electrons. The lowest BCUT2D eigenvalue weighted by atomic mass is 10.1. The number of aryl methyl sites for hydroxylation is 1. The Morgan fingerprint density at radius 1 is 1.44 bits per heavy atom. The van der Waals surface area contributed by atoms with Crippen molar-refractivity contribution in [2.45, 2.75) is 13.3 Å². The third kappa shape index (κ3) is 3.55. The number of nitro groups is 1. The number of carboxylic acid groups (broad SMARTS) is 1. The largest absolute Gasteiger partial charge is 0.481 e. The van der Waals surface area contributed by atoms with Crippen LogP contribution in [0.1, 0.15) is 22.3 Å². The molecular formula is C11H12N2O5. The lowest BCUT2D eigenvalue weighted by molar-refractivity contribution is -0.385. The Kier molecular flexibility index (Phi) is 4.36. The highest BCUT2D eigenvalue weighted by Crippen LogP contribution is 2.19. The van der Waals surface area contributed by atoms with Crippen LogP contribution >= 0.6 is 0 Å². The van der Waals surface area contributed by atoms with Gasteiger partial charge in [-0.1, -0.05) is 6.07 Å². The minimum atomic E-state index is -1.05. The molecule has 0 saturated heterocycles. The second-order valence-electron chi connectivity index (χ2n) is 3.68. The van der Waals surface area contributed by atoms with Gasteiger partial charge in [-0.3, -0.25) is 19.7 Å². The summed E-state index contributed by atoms with van der Waals surface area (Å²) >= 11 is 0. The van der Waals surface area contributed by atoms with Crippen molar-refractivity contribution in [3.8, 4) is 0 Å². The van der Waals surface area contributed by atoms with Gasteiger partial charge < -0.3 is 10.4 Å². The fourth-order valence-electron chi connectivity index (χ4n) is 1.37. The third-order valence-corrected chi connectivity index (χ3v) is 2.22. The number of amides is 1. The van der Waals surface area contributed by atoms with E-state index in [-0.39, 0.29) is 24.2 Å². The number of hydrogen-bond donors (Lipinski definition) is 2. The van der Waals surface area contributed by atoms with Gasteiger partial charge in [0.25, 0.3) is 11.6 Å². The van der Waals surface area contributed by atoms with Gasteiger partial charge in [-0.2, -0.15) is 0 Å². The first-order valence-corrected chi connectivity index (χ1v) is 5.17. The van der Waals surface area contributed by atoms with Crippen LogP contribution in [0.15, 0.2) is 18.2 Å². The molecule has 0 spiro atoms. The molecule has 1 aromatic rings. The Morgan fingerprint density at radius 3 is 2.67 bits per heavy atom. The second kappa shape index (κ2) is 5.76. The zero-order chi connectivity index (χ0) is 13.7. The average Bonchev–Trinajstić information content (AvgIpc) is 2.27. The Hall–Kier alpha value is -2.44. The lowest BCUT2D eigenvalue weighted by Gasteiger charge is -2.05. The molecule has 0 aliphatic heterocycles. The first-order chi connectivity index (χ1) is 8.41. The van der Waals surface area contributed by atoms with Crippen molar-refractivity contribution in [3.05, 3.63) is 39.4 Å². The van der Waals surface area contributed by atoms with Gasteiger partial charge >= 0.3 is 5.97 Å². The number of carbonyl (C=O) groups is 2. The van der Waals surface area contributed by atoms with Crippen LogP contribution in [0.25, 0.3) is 0 Å². The molecule has 0 fully saturated rings. The minimum Gasteiger partial charge on any atom is -0.481 e. The summed E-state index contributed by atoms with van der Waals surface area (Å²) in [6.45, 7) is 1.64. The van der Waals surface area contributed by atoms with E-state index >= 15 is 0 Å². The first-order valence-electron chi connectivity index (χ1n) is 5.17. The van der Waals surface area contributed by atoms with Gasteiger partial charge in [-0.25, -0.2) is 0 Å². The molecule has 0 aromatic heterocycles. The number of nitro benzene ring substituents is 1. The summed E-state index contributed by atoms with van der Waals surface area (Å²) in [6, 6.07) is 4.18. The van der Waals surface area contributed by atoms with E-state index in [1.807, 2.05) is 0 Å². The van der Waals surface area contributed by atoms with Gasteiger partial charge in [0.15, 0.2) is 0 Å². The summed E-state index contributed by atoms with van der Waals surface area (Å²) in [5.74, 6) is -1.69. The van der Waals surface area contributed by atoms with Crippen molar-refractivity contribution in [2.75, 3.05) is 6.54 Å². The summed E-state index contributed by atoms with van der Waals surface area (Å²) in [6.07, 6.45) is -0.231. The summed E-state index contributed by atoms with van der Waals surface area (Å²) in [5.41, 5.74) is 0.350. The number of rotatable bonds is 5. The summed E-state index contributed by atoms with van der Waals surface area (Å²) in [5, 5.41) is 21.5. The van der Waals surface area contributed by atoms with Crippen molar-refractivity contribution in [1.29, 1.82) is 0 Å². The molecule has 0 aliphatic rings. The van der Waals surface area contributed by atoms with Crippen molar-refractivity contribution in [3.63, 3.8) is 0 Å². The highest BCUT2D eigenvalue weighted by atomic mass is 16.6. The average molecular weight is 252 g/mol. The number of carboxylic acids is 1. The molecule has 7 heteroatoms. The number of benzene rings is 1. The maximum atomic E-state index is 11.7. The number of aliphatic carboxylic acids is 1. The summed E-state index contributed by atoms with van der Waals surface area (Å²) in [4.78, 5) is 32.1. The van der Waals surface area contributed by atoms with Crippen LogP contribution in [-0.4, -0.2) is 28.5 Å². The Balaban J connectivity index is 2.87. The predicted octanol–water partition coefficient (Wildman–Crippen LogP) is 1.11. The van der Waals surface area contributed by atoms with Crippen LogP contribution in [-0.2, 0) is 4.79 Å². The minimum absolute atomic E-state index is 0.0645. The van der Waals surface area contributed by atoms with Gasteiger partial charge in [-0.05, 0) is 18.6 Å². The SMILES string of the molecule is Cc1ccc([N+](=O)[O-])c(C(=O)NCCC(=O)O)c1. The van der Waals surface area contributed by atoms with E-state index in [0.717, 1.165) is 0 Å². The van der Waals surface area contributed by atoms with Crippen LogP contribution in [0, 0.1) is 17.0 Å². The van der Waals surface area contributed by atoms with E-state index in [9.17, 15) is 19.7 Å². The van der Waals surface area contributed by atoms with E-state index in [4.69, 9.17) is 5.11 Å². The molecular weight excluding hydrogens is 240 g/mol. The van der Waals surface area contributed by atoms with Crippen molar-refractivity contribution in [1.82, 2.24) is 5.32 Å². The standard InChI is InChI=1S/C11H12N2O5/c1-7-2-3-9(13(17)18)8(6-7)11(16)12-5-4-10(14)15/h2-3,6H,4-5H2,1H3,(H,12,16)(H,14,15). The van der Waals surface area contributed by atoms with Crippen LogP contribution < -0.4 is 5.32 Å². The van der Waals surface area contributed by atoms with Gasteiger partial charge in [0.05, 0.1) is 11.3 Å². The molecule has 0 aliphatic carbocycles. The van der Waals surface area contributed by atoms with E-state index in [0.29, 0.717) is 5.56 Å². The Morgan fingerprint density at radius 2 is 2.11 bits per heavy atom. The van der Waals surface area contributed by atoms with Crippen molar-refractivity contribution >= 4 is 17.6 Å². The number of nitrogens with one attached hydrogen (secondary N) is 1. The van der Waals surface area contributed by atoms with Gasteiger partial charge in [0, 0.05) is 12.6 Å². The first kappa shape index (κ1) is 13.6. The molecule has 0 atom stereocenters. The second-order valence-corrected chi connectivity index (χ2v) is 3.68. The van der Waals surface area contributed by atoms with Gasteiger partial charge in [-0.15, -0.1) is 0 Å². The molecule has 1 aromatic carbocycles. The molecule has 1 rings (SSSR count). The predicted molar refractivity (Wildman–Crippen MR) is 62.4 cm³/mol. The van der Waals surface area contributed by atoms with Crippen LogP contribution in [0.3, 0.4) is 0 Å². The summed E-state index contributed by atoms with van der Waals surface area (Å²) in [7, 11) is 0. The molecule has 1 amide bonds. The highest BCUT2D eigenvalue weighted by molar-refractivity contribution is 5.98. The normalized spacial score (nSPS) is 9.83. The zero-order valence-electron chi connectivity index (χ0n) is 9.67. The molecule has 96 valence electrons. The maximum Gasteiger partial charge on any atom is 0.305 e.